The van der Waals surface area contributed by atoms with Crippen LogP contribution in [-0.2, 0) is 20.8 Å². The molecule has 0 aliphatic carbocycles. The molecule has 0 aromatic heterocycles. The quantitative estimate of drug-likeness (QED) is 0.192. The lowest BCUT2D eigenvalue weighted by molar-refractivity contribution is -0.139. The average Bonchev–Trinajstić information content (AvgIpc) is 3.33. The predicted octanol–water partition coefficient (Wildman–Crippen LogP) is 0.321. The third-order valence-electron chi connectivity index (χ3n) is 4.20. The SMILES string of the molecule is NC(CSCCSCCO)C(=O)O.NC(Cc1ccccc1)C(=O)O.O=C(O)[C@@H]1CCCN1. The zero-order chi connectivity index (χ0) is 25.1. The molecule has 1 aromatic rings. The number of thioether (sulfide) groups is 2. The van der Waals surface area contributed by atoms with E-state index in [2.05, 4.69) is 5.32 Å². The van der Waals surface area contributed by atoms with Crippen LogP contribution in [0.5, 0.6) is 0 Å². The van der Waals surface area contributed by atoms with Gasteiger partial charge in [-0.2, -0.15) is 23.5 Å². The molecule has 9 N–H and O–H groups in total. The number of aliphatic hydroxyl groups excluding tert-OH is 1. The molecule has 0 radical (unpaired) electrons. The largest absolute Gasteiger partial charge is 0.480 e. The fourth-order valence-corrected chi connectivity index (χ4v) is 4.26. The van der Waals surface area contributed by atoms with Crippen molar-refractivity contribution in [1.29, 1.82) is 0 Å². The van der Waals surface area contributed by atoms with Gasteiger partial charge in [-0.15, -0.1) is 0 Å². The van der Waals surface area contributed by atoms with Crippen LogP contribution in [0, 0.1) is 0 Å². The minimum atomic E-state index is -0.959. The topological polar surface area (TPSA) is 196 Å². The first kappa shape index (κ1) is 31.2. The molecule has 1 fully saturated rings. The van der Waals surface area contributed by atoms with Gasteiger partial charge in [0.2, 0.25) is 0 Å². The smallest absolute Gasteiger partial charge is 0.321 e. The van der Waals surface area contributed by atoms with Crippen LogP contribution in [0.15, 0.2) is 30.3 Å². The Morgan fingerprint density at radius 2 is 1.58 bits per heavy atom. The molecule has 10 nitrogen and oxygen atoms in total. The Balaban J connectivity index is 0.000000477. The first-order chi connectivity index (χ1) is 15.7. The predicted molar refractivity (Wildman–Crippen MR) is 132 cm³/mol. The van der Waals surface area contributed by atoms with Crippen LogP contribution in [-0.4, -0.2) is 92.6 Å². The molecule has 1 heterocycles. The Bertz CT molecular complexity index is 677. The van der Waals surface area contributed by atoms with E-state index in [4.69, 9.17) is 31.9 Å². The molecule has 0 saturated carbocycles. The first-order valence-corrected chi connectivity index (χ1v) is 12.7. The monoisotopic (exact) mass is 505 g/mol. The third kappa shape index (κ3) is 17.3. The molecule has 188 valence electrons. The van der Waals surface area contributed by atoms with Crippen molar-refractivity contribution in [1.82, 2.24) is 5.32 Å². The van der Waals surface area contributed by atoms with Gasteiger partial charge in [0, 0.05) is 23.0 Å². The van der Waals surface area contributed by atoms with E-state index in [0.29, 0.717) is 12.2 Å². The van der Waals surface area contributed by atoms with Gasteiger partial charge < -0.3 is 37.2 Å². The van der Waals surface area contributed by atoms with E-state index in [1.54, 1.807) is 11.8 Å². The van der Waals surface area contributed by atoms with Gasteiger partial charge in [0.25, 0.3) is 0 Å². The Labute approximate surface area is 202 Å². The molecule has 2 rings (SSSR count). The molecule has 2 unspecified atom stereocenters. The number of hydrogen-bond donors (Lipinski definition) is 7. The minimum absolute atomic E-state index is 0.198. The summed E-state index contributed by atoms with van der Waals surface area (Å²) >= 11 is 3.19. The van der Waals surface area contributed by atoms with E-state index in [-0.39, 0.29) is 12.6 Å². The van der Waals surface area contributed by atoms with Crippen LogP contribution in [0.3, 0.4) is 0 Å². The summed E-state index contributed by atoms with van der Waals surface area (Å²) < 4.78 is 0. The highest BCUT2D eigenvalue weighted by molar-refractivity contribution is 8.02. The lowest BCUT2D eigenvalue weighted by Crippen LogP contribution is -2.32. The molecule has 0 amide bonds. The van der Waals surface area contributed by atoms with E-state index in [1.807, 2.05) is 30.3 Å². The summed E-state index contributed by atoms with van der Waals surface area (Å²) in [6, 6.07) is 7.52. The van der Waals surface area contributed by atoms with Crippen molar-refractivity contribution < 1.29 is 34.8 Å². The van der Waals surface area contributed by atoms with E-state index < -0.39 is 30.0 Å². The molecule has 0 bridgehead atoms. The number of carboxylic acids is 3. The fourth-order valence-electron chi connectivity index (χ4n) is 2.42. The van der Waals surface area contributed by atoms with Crippen molar-refractivity contribution in [2.24, 2.45) is 11.5 Å². The zero-order valence-electron chi connectivity index (χ0n) is 18.5. The van der Waals surface area contributed by atoms with Crippen molar-refractivity contribution in [3.05, 3.63) is 35.9 Å². The van der Waals surface area contributed by atoms with Crippen LogP contribution < -0.4 is 16.8 Å². The number of aliphatic carboxylic acids is 3. The second-order valence-corrected chi connectivity index (χ2v) is 9.35. The second-order valence-electron chi connectivity index (χ2n) is 6.98. The zero-order valence-corrected chi connectivity index (χ0v) is 20.1. The van der Waals surface area contributed by atoms with E-state index in [9.17, 15) is 14.4 Å². The molecule has 1 aliphatic rings. The second kappa shape index (κ2) is 19.6. The van der Waals surface area contributed by atoms with Gasteiger partial charge in [-0.05, 0) is 31.4 Å². The van der Waals surface area contributed by atoms with Crippen LogP contribution in [0.2, 0.25) is 0 Å². The van der Waals surface area contributed by atoms with Crippen molar-refractivity contribution in [3.63, 3.8) is 0 Å². The Morgan fingerprint density at radius 1 is 0.970 bits per heavy atom. The van der Waals surface area contributed by atoms with Crippen molar-refractivity contribution >= 4 is 41.4 Å². The summed E-state index contributed by atoms with van der Waals surface area (Å²) in [6.45, 7) is 1.06. The third-order valence-corrected chi connectivity index (χ3v) is 6.51. The number of aliphatic hydroxyl groups is 1. The summed E-state index contributed by atoms with van der Waals surface area (Å²) in [4.78, 5) is 30.8. The van der Waals surface area contributed by atoms with Crippen LogP contribution in [0.25, 0.3) is 0 Å². The number of nitrogens with one attached hydrogen (secondary N) is 1. The van der Waals surface area contributed by atoms with Crippen LogP contribution >= 0.6 is 23.5 Å². The molecule has 1 saturated heterocycles. The first-order valence-electron chi connectivity index (χ1n) is 10.4. The van der Waals surface area contributed by atoms with Gasteiger partial charge in [-0.1, -0.05) is 30.3 Å². The molecule has 33 heavy (non-hydrogen) atoms. The summed E-state index contributed by atoms with van der Waals surface area (Å²) in [5.41, 5.74) is 11.6. The Kier molecular flexibility index (Phi) is 18.5. The summed E-state index contributed by atoms with van der Waals surface area (Å²) in [7, 11) is 0. The Morgan fingerprint density at radius 3 is 2.03 bits per heavy atom. The fraction of sp³-hybridized carbons (Fsp3) is 0.571. The van der Waals surface area contributed by atoms with Gasteiger partial charge in [0.05, 0.1) is 6.61 Å². The lowest BCUT2D eigenvalue weighted by Gasteiger charge is -2.05. The summed E-state index contributed by atoms with van der Waals surface area (Å²) in [5.74, 6) is 0.376. The molecule has 1 aliphatic heterocycles. The molecule has 1 aromatic carbocycles. The maximum atomic E-state index is 10.4. The highest BCUT2D eigenvalue weighted by Crippen LogP contribution is 2.07. The number of carboxylic acid groups (broad SMARTS) is 3. The number of benzene rings is 1. The number of carbonyl (C=O) groups is 3. The maximum Gasteiger partial charge on any atom is 0.321 e. The maximum absolute atomic E-state index is 10.4. The van der Waals surface area contributed by atoms with Gasteiger partial charge in [0.1, 0.15) is 18.1 Å². The number of hydrogen-bond acceptors (Lipinski definition) is 9. The molecular formula is C21H35N3O7S2. The number of rotatable bonds is 12. The normalized spacial score (nSPS) is 16.4. The van der Waals surface area contributed by atoms with Crippen molar-refractivity contribution in [2.75, 3.05) is 36.2 Å². The standard InChI is InChI=1S/C9H11NO2.C7H15NO3S2.C5H9NO2/c10-8(9(11)12)6-7-4-2-1-3-5-7;8-6(7(10)11)5-13-4-3-12-2-1-9;7-5(8)4-2-1-3-6-4/h1-5,8H,6,10H2,(H,11,12);6,9H,1-5,8H2,(H,10,11);4,6H,1-3H2,(H,7,8)/t;;4-/m..0/s1. The molecule has 0 spiro atoms. The van der Waals surface area contributed by atoms with E-state index >= 15 is 0 Å². The van der Waals surface area contributed by atoms with E-state index in [0.717, 1.165) is 42.2 Å². The van der Waals surface area contributed by atoms with Gasteiger partial charge in [-0.25, -0.2) is 0 Å². The van der Waals surface area contributed by atoms with Crippen LogP contribution in [0.1, 0.15) is 18.4 Å². The highest BCUT2D eigenvalue weighted by atomic mass is 32.2. The van der Waals surface area contributed by atoms with Gasteiger partial charge >= 0.3 is 17.9 Å². The lowest BCUT2D eigenvalue weighted by atomic mass is 10.1. The average molecular weight is 506 g/mol. The summed E-state index contributed by atoms with van der Waals surface area (Å²) in [5, 5.41) is 36.6. The minimum Gasteiger partial charge on any atom is -0.480 e. The molecule has 3 atom stereocenters. The molecular weight excluding hydrogens is 470 g/mol. The summed E-state index contributed by atoms with van der Waals surface area (Å²) in [6.07, 6.45) is 2.17. The Hall–Kier alpha value is -1.83. The van der Waals surface area contributed by atoms with Crippen molar-refractivity contribution in [2.45, 2.75) is 37.4 Å². The highest BCUT2D eigenvalue weighted by Gasteiger charge is 2.20. The van der Waals surface area contributed by atoms with Crippen LogP contribution in [0.4, 0.5) is 0 Å². The molecule has 12 heteroatoms. The van der Waals surface area contributed by atoms with Gasteiger partial charge in [0.15, 0.2) is 0 Å². The number of nitrogens with two attached hydrogens (primary N) is 2. The van der Waals surface area contributed by atoms with Gasteiger partial charge in [-0.3, -0.25) is 14.4 Å². The van der Waals surface area contributed by atoms with E-state index in [1.165, 1.54) is 11.8 Å². The van der Waals surface area contributed by atoms with Crippen molar-refractivity contribution in [3.8, 4) is 0 Å².